The molecular weight excluding hydrogens is 366 g/mol. The number of hydrogen-bond donors (Lipinski definition) is 1. The van der Waals surface area contributed by atoms with Gasteiger partial charge in [0.1, 0.15) is 0 Å². The smallest absolute Gasteiger partial charge is 0.224 e. The van der Waals surface area contributed by atoms with E-state index in [0.29, 0.717) is 38.5 Å². The van der Waals surface area contributed by atoms with Crippen molar-refractivity contribution in [2.45, 2.75) is 54.0 Å². The van der Waals surface area contributed by atoms with Crippen molar-refractivity contribution in [2.75, 3.05) is 44.6 Å². The Bertz CT molecular complexity index is 678. The van der Waals surface area contributed by atoms with E-state index in [2.05, 4.69) is 26.1 Å². The van der Waals surface area contributed by atoms with E-state index in [1.807, 2.05) is 55.9 Å². The summed E-state index contributed by atoms with van der Waals surface area (Å²) in [5.41, 5.74) is 2.69. The van der Waals surface area contributed by atoms with Gasteiger partial charge in [0.2, 0.25) is 11.8 Å². The van der Waals surface area contributed by atoms with Gasteiger partial charge in [-0.2, -0.15) is 0 Å². The molecule has 0 saturated heterocycles. The molecule has 0 aliphatic heterocycles. The van der Waals surface area contributed by atoms with Crippen molar-refractivity contribution in [1.82, 2.24) is 4.90 Å². The lowest BCUT2D eigenvalue weighted by molar-refractivity contribution is -0.134. The number of amides is 2. The number of carbonyl (C=O) groups is 2. The Kier molecular flexibility index (Phi) is 9.63. The highest BCUT2D eigenvalue weighted by atomic mass is 16.5. The fraction of sp³-hybridized carbons (Fsp3) is 0.652. The fourth-order valence-electron chi connectivity index (χ4n) is 3.07. The average Bonchev–Trinajstić information content (AvgIpc) is 2.56. The number of rotatable bonds is 10. The van der Waals surface area contributed by atoms with Crippen LogP contribution in [0.15, 0.2) is 18.2 Å². The third-order valence-corrected chi connectivity index (χ3v) is 4.40. The summed E-state index contributed by atoms with van der Waals surface area (Å²) in [6, 6.07) is 5.87. The van der Waals surface area contributed by atoms with Crippen LogP contribution < -0.4 is 10.2 Å². The molecule has 1 aromatic carbocycles. The van der Waals surface area contributed by atoms with Crippen LogP contribution in [0.4, 0.5) is 11.4 Å². The molecule has 0 aliphatic rings. The summed E-state index contributed by atoms with van der Waals surface area (Å²) >= 11 is 0. The number of carbonyl (C=O) groups excluding carboxylic acids is 2. The lowest BCUT2D eigenvalue weighted by Crippen LogP contribution is -2.36. The van der Waals surface area contributed by atoms with Gasteiger partial charge in [-0.25, -0.2) is 0 Å². The lowest BCUT2D eigenvalue weighted by atomic mass is 9.91. The fourth-order valence-corrected chi connectivity index (χ4v) is 3.07. The maximum atomic E-state index is 12.9. The molecule has 0 heterocycles. The third kappa shape index (κ3) is 9.31. The van der Waals surface area contributed by atoms with E-state index in [0.717, 1.165) is 16.9 Å². The van der Waals surface area contributed by atoms with Gasteiger partial charge in [0.15, 0.2) is 0 Å². The van der Waals surface area contributed by atoms with Crippen LogP contribution in [-0.4, -0.2) is 51.1 Å². The van der Waals surface area contributed by atoms with Crippen LogP contribution in [0.2, 0.25) is 0 Å². The highest BCUT2D eigenvalue weighted by Gasteiger charge is 2.22. The molecule has 0 radical (unpaired) electrons. The highest BCUT2D eigenvalue weighted by Crippen LogP contribution is 2.26. The van der Waals surface area contributed by atoms with E-state index in [9.17, 15) is 9.59 Å². The highest BCUT2D eigenvalue weighted by molar-refractivity contribution is 5.91. The SMILES string of the molecule is COCCN(Cc1cc(NC(=O)CC(C)C)ccc1N(C)C)C(=O)CC(C)(C)C. The molecule has 29 heavy (non-hydrogen) atoms. The largest absolute Gasteiger partial charge is 0.383 e. The van der Waals surface area contributed by atoms with Crippen molar-refractivity contribution in [3.05, 3.63) is 23.8 Å². The quantitative estimate of drug-likeness (QED) is 0.635. The number of hydrogen-bond acceptors (Lipinski definition) is 4. The number of methoxy groups -OCH3 is 1. The first kappa shape index (κ1) is 25.0. The normalized spacial score (nSPS) is 11.5. The van der Waals surface area contributed by atoms with Crippen molar-refractivity contribution < 1.29 is 14.3 Å². The summed E-state index contributed by atoms with van der Waals surface area (Å²) in [7, 11) is 5.60. The summed E-state index contributed by atoms with van der Waals surface area (Å²) in [6.07, 6.45) is 0.952. The maximum Gasteiger partial charge on any atom is 0.224 e. The number of ether oxygens (including phenoxy) is 1. The summed E-state index contributed by atoms with van der Waals surface area (Å²) in [6.45, 7) is 11.7. The molecule has 164 valence electrons. The van der Waals surface area contributed by atoms with E-state index in [1.165, 1.54) is 0 Å². The minimum absolute atomic E-state index is 0.00333. The van der Waals surface area contributed by atoms with Gasteiger partial charge < -0.3 is 19.9 Å². The average molecular weight is 406 g/mol. The summed E-state index contributed by atoms with van der Waals surface area (Å²) in [5.74, 6) is 0.409. The van der Waals surface area contributed by atoms with Gasteiger partial charge in [0, 0.05) is 58.5 Å². The number of anilines is 2. The molecule has 6 heteroatoms. The van der Waals surface area contributed by atoms with Crippen LogP contribution in [-0.2, 0) is 20.9 Å². The van der Waals surface area contributed by atoms with Gasteiger partial charge in [0.25, 0.3) is 0 Å². The molecule has 0 saturated carbocycles. The lowest BCUT2D eigenvalue weighted by Gasteiger charge is -2.28. The van der Waals surface area contributed by atoms with E-state index in [-0.39, 0.29) is 17.2 Å². The summed E-state index contributed by atoms with van der Waals surface area (Å²) < 4.78 is 5.22. The Morgan fingerprint density at radius 2 is 1.83 bits per heavy atom. The van der Waals surface area contributed by atoms with E-state index < -0.39 is 0 Å². The van der Waals surface area contributed by atoms with E-state index >= 15 is 0 Å². The summed E-state index contributed by atoms with van der Waals surface area (Å²) in [4.78, 5) is 29.0. The van der Waals surface area contributed by atoms with Crippen LogP contribution in [0.3, 0.4) is 0 Å². The number of nitrogens with one attached hydrogen (secondary N) is 1. The van der Waals surface area contributed by atoms with Gasteiger partial charge in [-0.05, 0) is 35.1 Å². The standard InChI is InChI=1S/C23H39N3O3/c1-17(2)13-21(27)24-19-9-10-20(25(6)7)18(14-19)16-26(11-12-29-8)22(28)15-23(3,4)5/h9-10,14,17H,11-13,15-16H2,1-8H3,(H,24,27). The predicted molar refractivity (Wildman–Crippen MR) is 120 cm³/mol. The van der Waals surface area contributed by atoms with E-state index in [4.69, 9.17) is 4.74 Å². The Hall–Kier alpha value is -2.08. The molecule has 0 aromatic heterocycles. The first-order chi connectivity index (χ1) is 13.4. The van der Waals surface area contributed by atoms with Crippen molar-refractivity contribution in [3.63, 3.8) is 0 Å². The maximum absolute atomic E-state index is 12.9. The van der Waals surface area contributed by atoms with E-state index in [1.54, 1.807) is 7.11 Å². The Labute approximate surface area is 176 Å². The zero-order chi connectivity index (χ0) is 22.2. The molecule has 0 fully saturated rings. The first-order valence-corrected chi connectivity index (χ1v) is 10.3. The van der Waals surface area contributed by atoms with Gasteiger partial charge in [-0.15, -0.1) is 0 Å². The molecule has 0 aliphatic carbocycles. The number of benzene rings is 1. The van der Waals surface area contributed by atoms with Crippen molar-refractivity contribution in [2.24, 2.45) is 11.3 Å². The van der Waals surface area contributed by atoms with Crippen molar-refractivity contribution in [1.29, 1.82) is 0 Å². The topological polar surface area (TPSA) is 61.9 Å². The Balaban J connectivity index is 3.12. The zero-order valence-electron chi connectivity index (χ0n) is 19.5. The second-order valence-corrected chi connectivity index (χ2v) is 9.43. The van der Waals surface area contributed by atoms with Gasteiger partial charge >= 0.3 is 0 Å². The molecular formula is C23H39N3O3. The first-order valence-electron chi connectivity index (χ1n) is 10.3. The Morgan fingerprint density at radius 3 is 2.34 bits per heavy atom. The Morgan fingerprint density at radius 1 is 1.17 bits per heavy atom. The molecule has 1 aromatic rings. The zero-order valence-corrected chi connectivity index (χ0v) is 19.5. The monoisotopic (exact) mass is 405 g/mol. The molecule has 0 unspecified atom stereocenters. The van der Waals surface area contributed by atoms with Crippen LogP contribution >= 0.6 is 0 Å². The third-order valence-electron chi connectivity index (χ3n) is 4.40. The molecule has 0 spiro atoms. The number of nitrogens with zero attached hydrogens (tertiary/aromatic N) is 2. The molecule has 2 amide bonds. The minimum atomic E-state index is -0.0839. The molecule has 0 bridgehead atoms. The van der Waals surface area contributed by atoms with Gasteiger partial charge in [-0.1, -0.05) is 34.6 Å². The van der Waals surface area contributed by atoms with Crippen LogP contribution in [0, 0.1) is 11.3 Å². The second kappa shape index (κ2) is 11.2. The molecule has 1 N–H and O–H groups in total. The molecule has 1 rings (SSSR count). The predicted octanol–water partition coefficient (Wildman–Crippen LogP) is 4.15. The van der Waals surface area contributed by atoms with Crippen molar-refractivity contribution in [3.8, 4) is 0 Å². The molecule has 0 atom stereocenters. The minimum Gasteiger partial charge on any atom is -0.383 e. The molecule has 6 nitrogen and oxygen atoms in total. The van der Waals surface area contributed by atoms with Gasteiger partial charge in [0.05, 0.1) is 6.61 Å². The van der Waals surface area contributed by atoms with Gasteiger partial charge in [-0.3, -0.25) is 9.59 Å². The summed E-state index contributed by atoms with van der Waals surface area (Å²) in [5, 5.41) is 2.98. The van der Waals surface area contributed by atoms with Crippen LogP contribution in [0.25, 0.3) is 0 Å². The van der Waals surface area contributed by atoms with Crippen LogP contribution in [0.5, 0.6) is 0 Å². The second-order valence-electron chi connectivity index (χ2n) is 9.43. The van der Waals surface area contributed by atoms with Crippen molar-refractivity contribution >= 4 is 23.2 Å². The van der Waals surface area contributed by atoms with Crippen LogP contribution in [0.1, 0.15) is 53.0 Å².